The predicted octanol–water partition coefficient (Wildman–Crippen LogP) is 3.19. The Hall–Kier alpha value is -1.53. The molecule has 3 atom stereocenters. The van der Waals surface area contributed by atoms with Crippen LogP contribution >= 0.6 is 0 Å². The van der Waals surface area contributed by atoms with Gasteiger partial charge < -0.3 is 9.47 Å². The number of para-hydroxylation sites is 1. The highest BCUT2D eigenvalue weighted by Gasteiger charge is 2.41. The van der Waals surface area contributed by atoms with Gasteiger partial charge in [0.15, 0.2) is 0 Å². The van der Waals surface area contributed by atoms with Crippen molar-refractivity contribution in [3.8, 4) is 11.8 Å². The van der Waals surface area contributed by atoms with Gasteiger partial charge in [-0.3, -0.25) is 0 Å². The number of benzene rings is 1. The number of hydrogen-bond donors (Lipinski definition) is 0. The predicted molar refractivity (Wildman–Crippen MR) is 72.0 cm³/mol. The third kappa shape index (κ3) is 2.21. The zero-order chi connectivity index (χ0) is 13.3. The summed E-state index contributed by atoms with van der Waals surface area (Å²) in [6, 6.07) is 10.5. The van der Waals surface area contributed by atoms with Gasteiger partial charge in [0.2, 0.25) is 0 Å². The quantitative estimate of drug-likeness (QED) is 0.817. The fourth-order valence-electron chi connectivity index (χ4n) is 3.26. The maximum atomic E-state index is 9.75. The van der Waals surface area contributed by atoms with Gasteiger partial charge in [-0.25, -0.2) is 0 Å². The van der Waals surface area contributed by atoms with Crippen LogP contribution in [-0.4, -0.2) is 18.8 Å². The molecule has 3 unspecified atom stereocenters. The minimum Gasteiger partial charge on any atom is -0.493 e. The fraction of sp³-hybridized carbons (Fsp3) is 0.562. The summed E-state index contributed by atoms with van der Waals surface area (Å²) in [7, 11) is 0. The van der Waals surface area contributed by atoms with E-state index in [-0.39, 0.29) is 6.10 Å². The molecule has 0 amide bonds. The first-order valence-corrected chi connectivity index (χ1v) is 7.02. The molecule has 0 bridgehead atoms. The number of fused-ring (bicyclic) bond motifs is 1. The van der Waals surface area contributed by atoms with Crippen LogP contribution in [0.25, 0.3) is 0 Å². The monoisotopic (exact) mass is 257 g/mol. The molecule has 0 saturated carbocycles. The molecule has 0 aliphatic carbocycles. The summed E-state index contributed by atoms with van der Waals surface area (Å²) in [5, 5.41) is 9.75. The van der Waals surface area contributed by atoms with Crippen LogP contribution < -0.4 is 4.74 Å². The summed E-state index contributed by atoms with van der Waals surface area (Å²) in [6.45, 7) is 2.73. The molecular weight excluding hydrogens is 238 g/mol. The highest BCUT2D eigenvalue weighted by atomic mass is 16.5. The van der Waals surface area contributed by atoms with Crippen LogP contribution in [-0.2, 0) is 10.2 Å². The van der Waals surface area contributed by atoms with Crippen LogP contribution in [0.5, 0.6) is 5.75 Å². The number of hydrogen-bond acceptors (Lipinski definition) is 3. The van der Waals surface area contributed by atoms with Crippen molar-refractivity contribution in [1.82, 2.24) is 0 Å². The largest absolute Gasteiger partial charge is 0.493 e. The normalized spacial score (nSPS) is 33.3. The first kappa shape index (κ1) is 12.5. The minimum absolute atomic E-state index is 0.209. The highest BCUT2D eigenvalue weighted by molar-refractivity contribution is 5.45. The molecule has 2 aliphatic rings. The SMILES string of the molecule is CC1CCC(CC2(C#N)CCOc3ccccc32)O1. The van der Waals surface area contributed by atoms with E-state index in [0.29, 0.717) is 12.7 Å². The van der Waals surface area contributed by atoms with E-state index in [0.717, 1.165) is 37.0 Å². The average Bonchev–Trinajstić information content (AvgIpc) is 2.84. The third-order valence-corrected chi connectivity index (χ3v) is 4.30. The van der Waals surface area contributed by atoms with Gasteiger partial charge in [0.1, 0.15) is 5.75 Å². The molecule has 1 fully saturated rings. The number of rotatable bonds is 2. The summed E-state index contributed by atoms with van der Waals surface area (Å²) in [5.41, 5.74) is 0.593. The van der Waals surface area contributed by atoms with Gasteiger partial charge in [0.25, 0.3) is 0 Å². The Morgan fingerprint density at radius 3 is 2.95 bits per heavy atom. The first-order valence-electron chi connectivity index (χ1n) is 7.02. The molecule has 1 aromatic carbocycles. The molecule has 3 nitrogen and oxygen atoms in total. The van der Waals surface area contributed by atoms with Crippen molar-refractivity contribution in [2.24, 2.45) is 0 Å². The summed E-state index contributed by atoms with van der Waals surface area (Å²) >= 11 is 0. The van der Waals surface area contributed by atoms with Crippen molar-refractivity contribution >= 4 is 0 Å². The van der Waals surface area contributed by atoms with Gasteiger partial charge in [-0.1, -0.05) is 18.2 Å². The fourth-order valence-corrected chi connectivity index (χ4v) is 3.26. The summed E-state index contributed by atoms with van der Waals surface area (Å²) in [6.07, 6.45) is 4.25. The van der Waals surface area contributed by atoms with Crippen LogP contribution in [0.1, 0.15) is 38.2 Å². The van der Waals surface area contributed by atoms with Crippen molar-refractivity contribution in [1.29, 1.82) is 5.26 Å². The molecular formula is C16H19NO2. The van der Waals surface area contributed by atoms with E-state index in [1.165, 1.54) is 0 Å². The van der Waals surface area contributed by atoms with Crippen LogP contribution in [0.3, 0.4) is 0 Å². The van der Waals surface area contributed by atoms with Crippen molar-refractivity contribution in [2.45, 2.75) is 50.2 Å². The molecule has 3 heteroatoms. The van der Waals surface area contributed by atoms with Gasteiger partial charge in [0, 0.05) is 12.0 Å². The maximum absolute atomic E-state index is 9.75. The molecule has 1 aromatic rings. The first-order chi connectivity index (χ1) is 9.23. The third-order valence-electron chi connectivity index (χ3n) is 4.30. The zero-order valence-corrected chi connectivity index (χ0v) is 11.3. The van der Waals surface area contributed by atoms with E-state index in [9.17, 15) is 5.26 Å². The Bertz CT molecular complexity index is 508. The molecule has 2 heterocycles. The number of nitriles is 1. The van der Waals surface area contributed by atoms with Gasteiger partial charge >= 0.3 is 0 Å². The molecule has 100 valence electrons. The van der Waals surface area contributed by atoms with E-state index in [1.54, 1.807) is 0 Å². The van der Waals surface area contributed by atoms with E-state index in [2.05, 4.69) is 13.0 Å². The molecule has 0 radical (unpaired) electrons. The number of ether oxygens (including phenoxy) is 2. The topological polar surface area (TPSA) is 42.2 Å². The highest BCUT2D eigenvalue weighted by Crippen LogP contribution is 2.43. The van der Waals surface area contributed by atoms with Gasteiger partial charge in [-0.15, -0.1) is 0 Å². The minimum atomic E-state index is -0.441. The van der Waals surface area contributed by atoms with Crippen molar-refractivity contribution in [2.75, 3.05) is 6.61 Å². The Morgan fingerprint density at radius 2 is 2.21 bits per heavy atom. The molecule has 0 spiro atoms. The lowest BCUT2D eigenvalue weighted by Gasteiger charge is -2.34. The second-order valence-corrected chi connectivity index (χ2v) is 5.64. The lowest BCUT2D eigenvalue weighted by molar-refractivity contribution is 0.0368. The molecule has 2 aliphatic heterocycles. The van der Waals surface area contributed by atoms with E-state index >= 15 is 0 Å². The molecule has 3 rings (SSSR count). The lowest BCUT2D eigenvalue weighted by Crippen LogP contribution is -2.35. The van der Waals surface area contributed by atoms with Crippen LogP contribution in [0.4, 0.5) is 0 Å². The van der Waals surface area contributed by atoms with Crippen molar-refractivity contribution in [3.63, 3.8) is 0 Å². The molecule has 0 aromatic heterocycles. The second kappa shape index (κ2) is 4.86. The van der Waals surface area contributed by atoms with E-state index in [4.69, 9.17) is 9.47 Å². The van der Waals surface area contributed by atoms with E-state index < -0.39 is 5.41 Å². The van der Waals surface area contributed by atoms with Crippen LogP contribution in [0.2, 0.25) is 0 Å². The van der Waals surface area contributed by atoms with Crippen molar-refractivity contribution in [3.05, 3.63) is 29.8 Å². The lowest BCUT2D eigenvalue weighted by atomic mass is 9.73. The molecule has 1 saturated heterocycles. The van der Waals surface area contributed by atoms with Crippen LogP contribution in [0.15, 0.2) is 24.3 Å². The molecule has 19 heavy (non-hydrogen) atoms. The van der Waals surface area contributed by atoms with E-state index in [1.807, 2.05) is 24.3 Å². The summed E-state index contributed by atoms with van der Waals surface area (Å²) in [5.74, 6) is 0.862. The Morgan fingerprint density at radius 1 is 1.37 bits per heavy atom. The standard InChI is InChI=1S/C16H19NO2/c1-12-6-7-13(19-12)10-16(11-17)8-9-18-15-5-3-2-4-14(15)16/h2-5,12-13H,6-10H2,1H3. The van der Waals surface area contributed by atoms with Crippen LogP contribution in [0, 0.1) is 11.3 Å². The summed E-state index contributed by atoms with van der Waals surface area (Å²) in [4.78, 5) is 0. The summed E-state index contributed by atoms with van der Waals surface area (Å²) < 4.78 is 11.6. The Balaban J connectivity index is 1.90. The zero-order valence-electron chi connectivity index (χ0n) is 11.3. The Labute approximate surface area is 114 Å². The van der Waals surface area contributed by atoms with Gasteiger partial charge in [-0.2, -0.15) is 5.26 Å². The second-order valence-electron chi connectivity index (χ2n) is 5.64. The van der Waals surface area contributed by atoms with Gasteiger partial charge in [-0.05, 0) is 32.3 Å². The van der Waals surface area contributed by atoms with Crippen molar-refractivity contribution < 1.29 is 9.47 Å². The van der Waals surface area contributed by atoms with Gasteiger partial charge in [0.05, 0.1) is 30.3 Å². The smallest absolute Gasteiger partial charge is 0.124 e. The molecule has 0 N–H and O–H groups in total. The Kier molecular flexibility index (Phi) is 3.20. The number of nitrogens with zero attached hydrogens (tertiary/aromatic N) is 1. The average molecular weight is 257 g/mol. The maximum Gasteiger partial charge on any atom is 0.124 e.